The van der Waals surface area contributed by atoms with E-state index in [2.05, 4.69) is 29.6 Å². The minimum absolute atomic E-state index is 0.0374. The number of nitrogens with one attached hydrogen (secondary N) is 1. The lowest BCUT2D eigenvalue weighted by Gasteiger charge is -2.30. The van der Waals surface area contributed by atoms with Crippen molar-refractivity contribution in [2.45, 2.75) is 71.0 Å². The first-order valence-corrected chi connectivity index (χ1v) is 11.2. The molecular formula is C25H31ClN2O2. The van der Waals surface area contributed by atoms with E-state index in [1.807, 2.05) is 38.1 Å². The van der Waals surface area contributed by atoms with Gasteiger partial charge in [-0.2, -0.15) is 0 Å². The minimum atomic E-state index is -0.549. The third-order valence-corrected chi connectivity index (χ3v) is 6.28. The van der Waals surface area contributed by atoms with Gasteiger partial charge in [0.2, 0.25) is 11.8 Å². The third-order valence-electron chi connectivity index (χ3n) is 5.92. The predicted molar refractivity (Wildman–Crippen MR) is 121 cm³/mol. The fourth-order valence-corrected chi connectivity index (χ4v) is 4.13. The van der Waals surface area contributed by atoms with E-state index < -0.39 is 6.04 Å². The van der Waals surface area contributed by atoms with Crippen molar-refractivity contribution in [3.8, 4) is 0 Å². The zero-order chi connectivity index (χ0) is 21.5. The standard InChI is InChI=1S/C25H31ClN2O2/c1-18-11-13-20(14-12-18)15-16-24(29)28(17-21-7-3-6-10-23(21)26)19(2)25(30)27-22-8-4-5-9-22/h3,6-7,10-14,19,22H,4-5,8-9,15-17H2,1-2H3,(H,27,30). The summed E-state index contributed by atoms with van der Waals surface area (Å²) in [5.41, 5.74) is 3.17. The van der Waals surface area contributed by atoms with Crippen LogP contribution in [0.5, 0.6) is 0 Å². The number of hydrogen-bond acceptors (Lipinski definition) is 2. The first-order chi connectivity index (χ1) is 14.4. The molecular weight excluding hydrogens is 396 g/mol. The molecule has 1 fully saturated rings. The van der Waals surface area contributed by atoms with E-state index in [4.69, 9.17) is 11.6 Å². The number of aryl methyl sites for hydroxylation is 2. The first-order valence-electron chi connectivity index (χ1n) is 10.8. The molecule has 0 spiro atoms. The average molecular weight is 427 g/mol. The molecule has 2 aromatic rings. The molecule has 4 nitrogen and oxygen atoms in total. The lowest BCUT2D eigenvalue weighted by molar-refractivity contribution is -0.140. The first kappa shape index (κ1) is 22.4. The Labute approximate surface area is 184 Å². The summed E-state index contributed by atoms with van der Waals surface area (Å²) in [4.78, 5) is 27.7. The van der Waals surface area contributed by atoms with Crippen LogP contribution in [0.4, 0.5) is 0 Å². The maximum atomic E-state index is 13.2. The molecule has 1 N–H and O–H groups in total. The Kier molecular flexibility index (Phi) is 7.92. The molecule has 1 saturated carbocycles. The number of halogens is 1. The highest BCUT2D eigenvalue weighted by molar-refractivity contribution is 6.31. The van der Waals surface area contributed by atoms with Gasteiger partial charge in [-0.3, -0.25) is 9.59 Å². The molecule has 0 heterocycles. The minimum Gasteiger partial charge on any atom is -0.352 e. The van der Waals surface area contributed by atoms with Crippen molar-refractivity contribution in [3.63, 3.8) is 0 Å². The van der Waals surface area contributed by atoms with Crippen LogP contribution in [0.2, 0.25) is 5.02 Å². The van der Waals surface area contributed by atoms with Gasteiger partial charge in [0.05, 0.1) is 0 Å². The third kappa shape index (κ3) is 6.09. The van der Waals surface area contributed by atoms with Crippen LogP contribution >= 0.6 is 11.6 Å². The van der Waals surface area contributed by atoms with Crippen molar-refractivity contribution in [1.82, 2.24) is 10.2 Å². The van der Waals surface area contributed by atoms with Gasteiger partial charge >= 0.3 is 0 Å². The van der Waals surface area contributed by atoms with Crippen molar-refractivity contribution in [2.75, 3.05) is 0 Å². The molecule has 1 aliphatic rings. The van der Waals surface area contributed by atoms with Crippen LogP contribution in [0.25, 0.3) is 0 Å². The highest BCUT2D eigenvalue weighted by Crippen LogP contribution is 2.21. The van der Waals surface area contributed by atoms with Crippen LogP contribution in [0.3, 0.4) is 0 Å². The predicted octanol–water partition coefficient (Wildman–Crippen LogP) is 5.06. The molecule has 0 saturated heterocycles. The molecule has 2 aromatic carbocycles. The van der Waals surface area contributed by atoms with Crippen LogP contribution in [0.15, 0.2) is 48.5 Å². The fourth-order valence-electron chi connectivity index (χ4n) is 3.93. The molecule has 1 aliphatic carbocycles. The molecule has 2 amide bonds. The second kappa shape index (κ2) is 10.6. The summed E-state index contributed by atoms with van der Waals surface area (Å²) in [7, 11) is 0. The summed E-state index contributed by atoms with van der Waals surface area (Å²) in [6.07, 6.45) is 5.34. The van der Waals surface area contributed by atoms with Crippen LogP contribution in [-0.2, 0) is 22.6 Å². The normalized spacial score (nSPS) is 15.0. The summed E-state index contributed by atoms with van der Waals surface area (Å²) >= 11 is 6.34. The molecule has 160 valence electrons. The molecule has 30 heavy (non-hydrogen) atoms. The van der Waals surface area contributed by atoms with E-state index in [1.54, 1.807) is 4.90 Å². The Morgan fingerprint density at radius 2 is 1.77 bits per heavy atom. The number of amides is 2. The van der Waals surface area contributed by atoms with E-state index >= 15 is 0 Å². The lowest BCUT2D eigenvalue weighted by atomic mass is 10.1. The molecule has 3 rings (SSSR count). The van der Waals surface area contributed by atoms with E-state index in [0.717, 1.165) is 36.8 Å². The summed E-state index contributed by atoms with van der Waals surface area (Å²) in [5, 5.41) is 3.74. The molecule has 0 bridgehead atoms. The Bertz CT molecular complexity index is 860. The van der Waals surface area contributed by atoms with Gasteiger partial charge < -0.3 is 10.2 Å². The number of hydrogen-bond donors (Lipinski definition) is 1. The topological polar surface area (TPSA) is 49.4 Å². The Morgan fingerprint density at radius 3 is 2.43 bits per heavy atom. The Balaban J connectivity index is 1.71. The van der Waals surface area contributed by atoms with Gasteiger partial charge in [-0.1, -0.05) is 72.5 Å². The number of carbonyl (C=O) groups is 2. The van der Waals surface area contributed by atoms with Gasteiger partial charge in [-0.25, -0.2) is 0 Å². The van der Waals surface area contributed by atoms with Crippen LogP contribution in [-0.4, -0.2) is 28.8 Å². The lowest BCUT2D eigenvalue weighted by Crippen LogP contribution is -2.49. The SMILES string of the molecule is Cc1ccc(CCC(=O)N(Cc2ccccc2Cl)C(C)C(=O)NC2CCCC2)cc1. The van der Waals surface area contributed by atoms with Gasteiger partial charge in [-0.05, 0) is 50.3 Å². The largest absolute Gasteiger partial charge is 0.352 e. The van der Waals surface area contributed by atoms with Crippen LogP contribution < -0.4 is 5.32 Å². The van der Waals surface area contributed by atoms with Crippen molar-refractivity contribution in [1.29, 1.82) is 0 Å². The van der Waals surface area contributed by atoms with E-state index in [1.165, 1.54) is 5.56 Å². The second-order valence-electron chi connectivity index (χ2n) is 8.26. The van der Waals surface area contributed by atoms with E-state index in [-0.39, 0.29) is 17.9 Å². The Morgan fingerprint density at radius 1 is 1.10 bits per heavy atom. The molecule has 5 heteroatoms. The van der Waals surface area contributed by atoms with Crippen molar-refractivity contribution < 1.29 is 9.59 Å². The smallest absolute Gasteiger partial charge is 0.242 e. The number of rotatable bonds is 8. The molecule has 0 aromatic heterocycles. The number of benzene rings is 2. The van der Waals surface area contributed by atoms with Crippen molar-refractivity contribution in [2.24, 2.45) is 0 Å². The monoisotopic (exact) mass is 426 g/mol. The summed E-state index contributed by atoms with van der Waals surface area (Å²) in [5.74, 6) is -0.123. The Hall–Kier alpha value is -2.33. The second-order valence-corrected chi connectivity index (χ2v) is 8.67. The van der Waals surface area contributed by atoms with E-state index in [9.17, 15) is 9.59 Å². The van der Waals surface area contributed by atoms with Gasteiger partial charge in [0.25, 0.3) is 0 Å². The maximum Gasteiger partial charge on any atom is 0.242 e. The maximum absolute atomic E-state index is 13.2. The molecule has 0 aliphatic heterocycles. The average Bonchev–Trinajstić information content (AvgIpc) is 3.25. The molecule has 1 atom stereocenters. The summed E-state index contributed by atoms with van der Waals surface area (Å²) in [6, 6.07) is 15.4. The molecule has 1 unspecified atom stereocenters. The number of carbonyl (C=O) groups excluding carboxylic acids is 2. The quantitative estimate of drug-likeness (QED) is 0.641. The van der Waals surface area contributed by atoms with Crippen LogP contribution in [0.1, 0.15) is 55.7 Å². The summed E-state index contributed by atoms with van der Waals surface area (Å²) < 4.78 is 0. The van der Waals surface area contributed by atoms with Gasteiger partial charge in [0, 0.05) is 24.0 Å². The number of nitrogens with zero attached hydrogens (tertiary/aromatic N) is 1. The summed E-state index contributed by atoms with van der Waals surface area (Å²) in [6.45, 7) is 4.18. The van der Waals surface area contributed by atoms with E-state index in [0.29, 0.717) is 24.4 Å². The van der Waals surface area contributed by atoms with Crippen molar-refractivity contribution in [3.05, 3.63) is 70.2 Å². The zero-order valence-corrected chi connectivity index (χ0v) is 18.6. The van der Waals surface area contributed by atoms with Crippen LogP contribution in [0, 0.1) is 6.92 Å². The van der Waals surface area contributed by atoms with Crippen molar-refractivity contribution >= 4 is 23.4 Å². The highest BCUT2D eigenvalue weighted by atomic mass is 35.5. The zero-order valence-electron chi connectivity index (χ0n) is 17.9. The molecule has 0 radical (unpaired) electrons. The van der Waals surface area contributed by atoms with Gasteiger partial charge in [0.1, 0.15) is 6.04 Å². The van der Waals surface area contributed by atoms with Gasteiger partial charge in [0.15, 0.2) is 0 Å². The fraction of sp³-hybridized carbons (Fsp3) is 0.440. The highest BCUT2D eigenvalue weighted by Gasteiger charge is 2.28. The van der Waals surface area contributed by atoms with Gasteiger partial charge in [-0.15, -0.1) is 0 Å².